The van der Waals surface area contributed by atoms with E-state index in [0.717, 1.165) is 5.56 Å². The normalized spacial score (nSPS) is 10.2. The highest BCUT2D eigenvalue weighted by Gasteiger charge is 2.17. The molecule has 0 bridgehead atoms. The van der Waals surface area contributed by atoms with Crippen LogP contribution in [0.5, 0.6) is 5.75 Å². The summed E-state index contributed by atoms with van der Waals surface area (Å²) in [6, 6.07) is 5.39. The van der Waals surface area contributed by atoms with Crippen LogP contribution in [0.2, 0.25) is 0 Å². The Hall–Kier alpha value is -2.63. The Labute approximate surface area is 109 Å². The molecule has 98 valence electrons. The van der Waals surface area contributed by atoms with Crippen LogP contribution in [0.15, 0.2) is 24.4 Å². The molecule has 0 aliphatic heterocycles. The van der Waals surface area contributed by atoms with Gasteiger partial charge in [0.2, 0.25) is 0 Å². The fourth-order valence-corrected chi connectivity index (χ4v) is 1.79. The monoisotopic (exact) mass is 259 g/mol. The number of anilines is 1. The topological polar surface area (TPSA) is 98.3 Å². The van der Waals surface area contributed by atoms with Crippen LogP contribution >= 0.6 is 0 Å². The molecule has 19 heavy (non-hydrogen) atoms. The number of carboxylic acids is 1. The van der Waals surface area contributed by atoms with Crippen molar-refractivity contribution >= 4 is 11.7 Å². The molecule has 0 aliphatic rings. The average Bonchev–Trinajstić information content (AvgIpc) is 2.38. The second-order valence-corrected chi connectivity index (χ2v) is 3.95. The van der Waals surface area contributed by atoms with Crippen molar-refractivity contribution in [3.63, 3.8) is 0 Å². The molecule has 0 spiro atoms. The van der Waals surface area contributed by atoms with Gasteiger partial charge in [0.25, 0.3) is 0 Å². The minimum absolute atomic E-state index is 0.114. The number of aromatic nitrogens is 2. The lowest BCUT2D eigenvalue weighted by Crippen LogP contribution is -2.07. The third kappa shape index (κ3) is 2.33. The van der Waals surface area contributed by atoms with Gasteiger partial charge in [0.15, 0.2) is 17.3 Å². The highest BCUT2D eigenvalue weighted by Crippen LogP contribution is 2.28. The van der Waals surface area contributed by atoms with E-state index in [1.54, 1.807) is 6.07 Å². The second kappa shape index (κ2) is 4.93. The number of methoxy groups -OCH3 is 1. The summed E-state index contributed by atoms with van der Waals surface area (Å²) >= 11 is 0. The van der Waals surface area contributed by atoms with E-state index in [4.69, 9.17) is 15.6 Å². The molecule has 2 rings (SSSR count). The predicted molar refractivity (Wildman–Crippen MR) is 70.1 cm³/mol. The van der Waals surface area contributed by atoms with Crippen LogP contribution in [0.1, 0.15) is 16.1 Å². The van der Waals surface area contributed by atoms with Crippen molar-refractivity contribution in [1.29, 1.82) is 0 Å². The number of ether oxygens (including phenoxy) is 1. The highest BCUT2D eigenvalue weighted by atomic mass is 16.5. The Morgan fingerprint density at radius 1 is 1.42 bits per heavy atom. The molecule has 1 aromatic carbocycles. The van der Waals surface area contributed by atoms with Gasteiger partial charge < -0.3 is 15.6 Å². The van der Waals surface area contributed by atoms with Crippen LogP contribution in [0, 0.1) is 6.92 Å². The quantitative estimate of drug-likeness (QED) is 0.815. The number of hydrogen-bond donors (Lipinski definition) is 2. The molecule has 1 heterocycles. The van der Waals surface area contributed by atoms with Crippen molar-refractivity contribution in [2.24, 2.45) is 0 Å². The molecular weight excluding hydrogens is 246 g/mol. The minimum atomic E-state index is -1.17. The standard InChI is InChI=1S/C13H13N3O3/c1-7-4-3-5-8(14)10(7)12-15-6-9(19-2)11(16-12)13(17)18/h3-6H,14H2,1-2H3,(H,17,18). The van der Waals surface area contributed by atoms with Gasteiger partial charge in [-0.3, -0.25) is 0 Å². The maximum atomic E-state index is 11.1. The molecule has 0 saturated carbocycles. The summed E-state index contributed by atoms with van der Waals surface area (Å²) < 4.78 is 4.92. The van der Waals surface area contributed by atoms with Crippen molar-refractivity contribution in [1.82, 2.24) is 9.97 Å². The number of nitrogens with zero attached hydrogens (tertiary/aromatic N) is 2. The number of nitrogens with two attached hydrogens (primary N) is 1. The third-order valence-corrected chi connectivity index (χ3v) is 2.71. The molecule has 0 atom stereocenters. The number of nitrogen functional groups attached to an aromatic ring is 1. The number of carbonyl (C=O) groups is 1. The molecule has 3 N–H and O–H groups in total. The van der Waals surface area contributed by atoms with Crippen molar-refractivity contribution in [3.8, 4) is 17.1 Å². The first-order chi connectivity index (χ1) is 9.04. The van der Waals surface area contributed by atoms with Gasteiger partial charge in [-0.25, -0.2) is 14.8 Å². The van der Waals surface area contributed by atoms with Gasteiger partial charge in [0.05, 0.1) is 13.3 Å². The zero-order valence-corrected chi connectivity index (χ0v) is 10.5. The SMILES string of the molecule is COc1cnc(-c2c(C)cccc2N)nc1C(=O)O. The van der Waals surface area contributed by atoms with Crippen LogP contribution in [0.4, 0.5) is 5.69 Å². The van der Waals surface area contributed by atoms with Gasteiger partial charge >= 0.3 is 5.97 Å². The van der Waals surface area contributed by atoms with Crippen molar-refractivity contribution in [2.75, 3.05) is 12.8 Å². The van der Waals surface area contributed by atoms with Crippen molar-refractivity contribution in [2.45, 2.75) is 6.92 Å². The molecule has 1 aromatic heterocycles. The van der Waals surface area contributed by atoms with Crippen LogP contribution in [-0.4, -0.2) is 28.2 Å². The lowest BCUT2D eigenvalue weighted by molar-refractivity contribution is 0.0686. The van der Waals surface area contributed by atoms with Crippen molar-refractivity contribution in [3.05, 3.63) is 35.7 Å². The zero-order valence-electron chi connectivity index (χ0n) is 10.5. The molecule has 0 radical (unpaired) electrons. The van der Waals surface area contributed by atoms with Gasteiger partial charge in [0.1, 0.15) is 0 Å². The fourth-order valence-electron chi connectivity index (χ4n) is 1.79. The van der Waals surface area contributed by atoms with Gasteiger partial charge in [-0.2, -0.15) is 0 Å². The Balaban J connectivity index is 2.64. The van der Waals surface area contributed by atoms with Crippen LogP contribution in [0.3, 0.4) is 0 Å². The second-order valence-electron chi connectivity index (χ2n) is 3.95. The van der Waals surface area contributed by atoms with E-state index in [1.807, 2.05) is 19.1 Å². The predicted octanol–water partition coefficient (Wildman–Crippen LogP) is 1.74. The number of benzene rings is 1. The van der Waals surface area contributed by atoms with Crippen LogP contribution in [-0.2, 0) is 0 Å². The van der Waals surface area contributed by atoms with E-state index in [2.05, 4.69) is 9.97 Å². The van der Waals surface area contributed by atoms with E-state index >= 15 is 0 Å². The third-order valence-electron chi connectivity index (χ3n) is 2.71. The summed E-state index contributed by atoms with van der Waals surface area (Å²) in [6.07, 6.45) is 1.33. The first-order valence-corrected chi connectivity index (χ1v) is 5.54. The van der Waals surface area contributed by atoms with Gasteiger partial charge in [0, 0.05) is 11.3 Å². The Bertz CT molecular complexity index is 621. The van der Waals surface area contributed by atoms with Gasteiger partial charge in [-0.1, -0.05) is 12.1 Å². The number of aryl methyl sites for hydroxylation is 1. The smallest absolute Gasteiger partial charge is 0.358 e. The van der Waals surface area contributed by atoms with E-state index in [-0.39, 0.29) is 17.3 Å². The molecule has 6 heteroatoms. The zero-order chi connectivity index (χ0) is 14.0. The molecule has 0 saturated heterocycles. The summed E-state index contributed by atoms with van der Waals surface area (Å²) in [7, 11) is 1.37. The number of aromatic carboxylic acids is 1. The fraction of sp³-hybridized carbons (Fsp3) is 0.154. The maximum Gasteiger partial charge on any atom is 0.358 e. The van der Waals surface area contributed by atoms with Crippen LogP contribution < -0.4 is 10.5 Å². The molecule has 0 unspecified atom stereocenters. The van der Waals surface area contributed by atoms with E-state index in [0.29, 0.717) is 11.3 Å². The number of rotatable bonds is 3. The maximum absolute atomic E-state index is 11.1. The number of carboxylic acid groups (broad SMARTS) is 1. The van der Waals surface area contributed by atoms with Gasteiger partial charge in [-0.15, -0.1) is 0 Å². The lowest BCUT2D eigenvalue weighted by Gasteiger charge is -2.10. The first kappa shape index (κ1) is 12.8. The Kier molecular flexibility index (Phi) is 3.33. The lowest BCUT2D eigenvalue weighted by atomic mass is 10.1. The molecule has 0 amide bonds. The first-order valence-electron chi connectivity index (χ1n) is 5.54. The Morgan fingerprint density at radius 3 is 2.74 bits per heavy atom. The summed E-state index contributed by atoms with van der Waals surface area (Å²) in [5.74, 6) is -0.787. The average molecular weight is 259 g/mol. The highest BCUT2D eigenvalue weighted by molar-refractivity contribution is 5.89. The van der Waals surface area contributed by atoms with E-state index < -0.39 is 5.97 Å². The number of hydrogen-bond acceptors (Lipinski definition) is 5. The summed E-state index contributed by atoms with van der Waals surface area (Å²) in [5, 5.41) is 9.11. The molecular formula is C13H13N3O3. The summed E-state index contributed by atoms with van der Waals surface area (Å²) in [5.41, 5.74) is 7.72. The van der Waals surface area contributed by atoms with E-state index in [1.165, 1.54) is 13.3 Å². The van der Waals surface area contributed by atoms with Gasteiger partial charge in [-0.05, 0) is 18.6 Å². The molecule has 6 nitrogen and oxygen atoms in total. The summed E-state index contributed by atoms with van der Waals surface area (Å²) in [4.78, 5) is 19.3. The van der Waals surface area contributed by atoms with Crippen LogP contribution in [0.25, 0.3) is 11.4 Å². The Morgan fingerprint density at radius 2 is 2.16 bits per heavy atom. The minimum Gasteiger partial charge on any atom is -0.493 e. The van der Waals surface area contributed by atoms with E-state index in [9.17, 15) is 4.79 Å². The molecule has 0 fully saturated rings. The molecule has 0 aliphatic carbocycles. The summed E-state index contributed by atoms with van der Waals surface area (Å²) in [6.45, 7) is 1.86. The molecule has 2 aromatic rings. The van der Waals surface area contributed by atoms with Crippen molar-refractivity contribution < 1.29 is 14.6 Å². The largest absolute Gasteiger partial charge is 0.493 e.